The number of hydrogen-bond donors (Lipinski definition) is 1. The molecule has 0 spiro atoms. The van der Waals surface area contributed by atoms with E-state index in [4.69, 9.17) is 0 Å². The fourth-order valence-corrected chi connectivity index (χ4v) is 4.83. The summed E-state index contributed by atoms with van der Waals surface area (Å²) in [5.74, 6) is -2.09. The van der Waals surface area contributed by atoms with E-state index in [2.05, 4.69) is 5.32 Å². The van der Waals surface area contributed by atoms with E-state index in [1.807, 2.05) is 50.8 Å². The maximum atomic E-state index is 13.8. The topological polar surface area (TPSA) is 52.6 Å². The van der Waals surface area contributed by atoms with Crippen molar-refractivity contribution in [3.8, 4) is 0 Å². The first kappa shape index (κ1) is 29.5. The van der Waals surface area contributed by atoms with Crippen molar-refractivity contribution >= 4 is 23.2 Å². The second-order valence-electron chi connectivity index (χ2n) is 10.3. The highest BCUT2D eigenvalue weighted by molar-refractivity contribution is 6.08. The molecule has 2 atom stereocenters. The molecule has 1 aliphatic rings. The largest absolute Gasteiger partial charge is 0.416 e. The second-order valence-corrected chi connectivity index (χ2v) is 10.3. The third-order valence-electron chi connectivity index (χ3n) is 7.33. The number of benzene rings is 2. The van der Waals surface area contributed by atoms with E-state index in [0.717, 1.165) is 11.1 Å². The zero-order valence-corrected chi connectivity index (χ0v) is 22.0. The molecule has 5 nitrogen and oxygen atoms in total. The first-order valence-corrected chi connectivity index (χ1v) is 12.1. The van der Waals surface area contributed by atoms with E-state index in [9.17, 15) is 35.9 Å². The van der Waals surface area contributed by atoms with E-state index in [-0.39, 0.29) is 31.1 Å². The van der Waals surface area contributed by atoms with Crippen LogP contribution in [0.1, 0.15) is 43.0 Å². The highest BCUT2D eigenvalue weighted by Crippen LogP contribution is 2.44. The molecule has 0 saturated carbocycles. The Morgan fingerprint density at radius 2 is 1.55 bits per heavy atom. The molecule has 1 heterocycles. The summed E-state index contributed by atoms with van der Waals surface area (Å²) in [5.41, 5.74) is -2.96. The summed E-state index contributed by atoms with van der Waals surface area (Å²) >= 11 is 0. The summed E-state index contributed by atoms with van der Waals surface area (Å²) in [6.45, 7) is 8.92. The van der Waals surface area contributed by atoms with Crippen molar-refractivity contribution in [2.45, 2.75) is 53.0 Å². The molecule has 11 heteroatoms. The smallest absolute Gasteiger partial charge is 0.325 e. The average molecular weight is 544 g/mol. The summed E-state index contributed by atoms with van der Waals surface area (Å²) in [7, 11) is 1.74. The molecule has 0 aliphatic carbocycles. The van der Waals surface area contributed by atoms with Gasteiger partial charge in [0.15, 0.2) is 0 Å². The third kappa shape index (κ3) is 5.67. The van der Waals surface area contributed by atoms with Crippen molar-refractivity contribution in [1.82, 2.24) is 4.90 Å². The standard InChI is InChI=1S/C27H31F6N3O2/c1-15(2)35(6)13-25(14-36(23(37)18(25)5)22-16(3)8-7-9-17(22)4)24(38)34-21-11-19(26(28,29)30)10-20(12-21)27(31,32)33/h7-12,15,18H,13-14H2,1-6H3,(H,34,38)/t18-,25-/m1/s1. The molecule has 1 saturated heterocycles. The van der Waals surface area contributed by atoms with Gasteiger partial charge in [0.2, 0.25) is 11.8 Å². The van der Waals surface area contributed by atoms with Crippen molar-refractivity contribution < 1.29 is 35.9 Å². The van der Waals surface area contributed by atoms with Gasteiger partial charge < -0.3 is 15.1 Å². The molecule has 0 bridgehead atoms. The second kappa shape index (κ2) is 10.2. The predicted octanol–water partition coefficient (Wildman–Crippen LogP) is 6.29. The Balaban J connectivity index is 2.11. The van der Waals surface area contributed by atoms with Gasteiger partial charge in [-0.25, -0.2) is 0 Å². The number of aryl methyl sites for hydroxylation is 2. The van der Waals surface area contributed by atoms with Crippen molar-refractivity contribution in [3.63, 3.8) is 0 Å². The molecule has 0 unspecified atom stereocenters. The minimum absolute atomic E-state index is 0.00236. The highest BCUT2D eigenvalue weighted by Gasteiger charge is 2.56. The van der Waals surface area contributed by atoms with Gasteiger partial charge in [-0.15, -0.1) is 0 Å². The number of nitrogens with zero attached hydrogens (tertiary/aromatic N) is 2. The maximum absolute atomic E-state index is 13.8. The fraction of sp³-hybridized carbons (Fsp3) is 0.481. The number of amides is 2. The lowest BCUT2D eigenvalue weighted by atomic mass is 9.77. The number of halogens is 6. The van der Waals surface area contributed by atoms with Crippen LogP contribution in [0.3, 0.4) is 0 Å². The summed E-state index contributed by atoms with van der Waals surface area (Å²) in [4.78, 5) is 30.7. The van der Waals surface area contributed by atoms with Crippen molar-refractivity contribution in [3.05, 3.63) is 58.7 Å². The summed E-state index contributed by atoms with van der Waals surface area (Å²) < 4.78 is 80.4. The quantitative estimate of drug-likeness (QED) is 0.436. The zero-order valence-electron chi connectivity index (χ0n) is 22.0. The lowest BCUT2D eigenvalue weighted by Crippen LogP contribution is -2.51. The van der Waals surface area contributed by atoms with Crippen molar-refractivity contribution in [2.24, 2.45) is 11.3 Å². The highest BCUT2D eigenvalue weighted by atomic mass is 19.4. The normalized spacial score (nSPS) is 20.5. The maximum Gasteiger partial charge on any atom is 0.416 e. The van der Waals surface area contributed by atoms with Crippen LogP contribution in [-0.2, 0) is 21.9 Å². The van der Waals surface area contributed by atoms with Gasteiger partial charge in [0.25, 0.3) is 0 Å². The van der Waals surface area contributed by atoms with Crippen LogP contribution in [-0.4, -0.2) is 42.9 Å². The molecule has 2 amide bonds. The van der Waals surface area contributed by atoms with E-state index < -0.39 is 46.4 Å². The van der Waals surface area contributed by atoms with Gasteiger partial charge in [-0.2, -0.15) is 26.3 Å². The SMILES string of the molecule is Cc1cccc(C)c1N1C[C@@](CN(C)C(C)C)(C(=O)Nc2cc(C(F)(F)F)cc(C(F)(F)F)c2)[C@H](C)C1=O. The predicted molar refractivity (Wildman–Crippen MR) is 133 cm³/mol. The van der Waals surface area contributed by atoms with E-state index in [0.29, 0.717) is 17.8 Å². The number of anilines is 2. The summed E-state index contributed by atoms with van der Waals surface area (Å²) in [6.07, 6.45) is -10.1. The van der Waals surface area contributed by atoms with Gasteiger partial charge in [0, 0.05) is 30.5 Å². The van der Waals surface area contributed by atoms with Crippen LogP contribution in [0.2, 0.25) is 0 Å². The first-order chi connectivity index (χ1) is 17.4. The van der Waals surface area contributed by atoms with Crippen LogP contribution in [0, 0.1) is 25.2 Å². The van der Waals surface area contributed by atoms with Gasteiger partial charge in [-0.3, -0.25) is 9.59 Å². The third-order valence-corrected chi connectivity index (χ3v) is 7.33. The van der Waals surface area contributed by atoms with E-state index in [1.165, 1.54) is 4.90 Å². The molecule has 2 aromatic carbocycles. The molecule has 3 rings (SSSR count). The molecule has 0 aromatic heterocycles. The fourth-order valence-electron chi connectivity index (χ4n) is 4.83. The molecular weight excluding hydrogens is 512 g/mol. The van der Waals surface area contributed by atoms with Gasteiger partial charge in [0.1, 0.15) is 0 Å². The van der Waals surface area contributed by atoms with Gasteiger partial charge >= 0.3 is 12.4 Å². The van der Waals surface area contributed by atoms with Crippen LogP contribution in [0.4, 0.5) is 37.7 Å². The van der Waals surface area contributed by atoms with Crippen molar-refractivity contribution in [1.29, 1.82) is 0 Å². The molecule has 1 N–H and O–H groups in total. The van der Waals surface area contributed by atoms with Crippen LogP contribution in [0.5, 0.6) is 0 Å². The Hall–Kier alpha value is -3.08. The lowest BCUT2D eigenvalue weighted by Gasteiger charge is -2.36. The Morgan fingerprint density at radius 3 is 2.00 bits per heavy atom. The van der Waals surface area contributed by atoms with Crippen LogP contribution in [0.25, 0.3) is 0 Å². The van der Waals surface area contributed by atoms with E-state index >= 15 is 0 Å². The Bertz CT molecular complexity index is 1170. The molecule has 38 heavy (non-hydrogen) atoms. The molecule has 2 aromatic rings. The number of nitrogens with one attached hydrogen (secondary N) is 1. The monoisotopic (exact) mass is 543 g/mol. The minimum Gasteiger partial charge on any atom is -0.325 e. The van der Waals surface area contributed by atoms with Crippen LogP contribution >= 0.6 is 0 Å². The molecule has 1 fully saturated rings. The van der Waals surface area contributed by atoms with Crippen LogP contribution in [0.15, 0.2) is 36.4 Å². The summed E-state index contributed by atoms with van der Waals surface area (Å²) in [6, 6.07) is 6.36. The van der Waals surface area contributed by atoms with Crippen LogP contribution < -0.4 is 10.2 Å². The minimum atomic E-state index is -5.06. The van der Waals surface area contributed by atoms with Crippen molar-refractivity contribution in [2.75, 3.05) is 30.4 Å². The Morgan fingerprint density at radius 1 is 1.05 bits per heavy atom. The zero-order chi connectivity index (χ0) is 28.8. The Labute approximate surface area is 217 Å². The number of carbonyl (C=O) groups excluding carboxylic acids is 2. The number of hydrogen-bond acceptors (Lipinski definition) is 3. The Kier molecular flexibility index (Phi) is 7.94. The first-order valence-electron chi connectivity index (χ1n) is 12.1. The molecule has 0 radical (unpaired) electrons. The molecule has 1 aliphatic heterocycles. The summed E-state index contributed by atoms with van der Waals surface area (Å²) in [5, 5.41) is 2.30. The number of alkyl halides is 6. The van der Waals surface area contributed by atoms with Gasteiger partial charge in [-0.05, 0) is 64.1 Å². The molecular formula is C27H31F6N3O2. The lowest BCUT2D eigenvalue weighted by molar-refractivity contribution is -0.143. The molecule has 208 valence electrons. The number of carbonyl (C=O) groups is 2. The van der Waals surface area contributed by atoms with Gasteiger partial charge in [-0.1, -0.05) is 25.1 Å². The number of para-hydroxylation sites is 1. The van der Waals surface area contributed by atoms with Gasteiger partial charge in [0.05, 0.1) is 22.5 Å². The average Bonchev–Trinajstić information content (AvgIpc) is 3.03. The van der Waals surface area contributed by atoms with E-state index in [1.54, 1.807) is 14.0 Å². The number of rotatable bonds is 6.